The summed E-state index contributed by atoms with van der Waals surface area (Å²) in [5.74, 6) is 0.537. The minimum atomic E-state index is -0.168. The van der Waals surface area contributed by atoms with Crippen LogP contribution in [0.4, 0.5) is 0 Å². The molecule has 0 unspecified atom stereocenters. The SMILES string of the molecule is Cn1cnnc1CNC(=O)c1cc(C(C)(C)C)nn1C. The first-order valence-corrected chi connectivity index (χ1v) is 6.44. The molecule has 1 amide bonds. The Morgan fingerprint density at radius 1 is 1.35 bits per heavy atom. The van der Waals surface area contributed by atoms with Crippen LogP contribution in [-0.2, 0) is 26.1 Å². The zero-order chi connectivity index (χ0) is 14.9. The van der Waals surface area contributed by atoms with Gasteiger partial charge in [-0.25, -0.2) is 0 Å². The minimum absolute atomic E-state index is 0.0834. The second-order valence-corrected chi connectivity index (χ2v) is 5.83. The van der Waals surface area contributed by atoms with Crippen molar-refractivity contribution in [3.8, 4) is 0 Å². The summed E-state index contributed by atoms with van der Waals surface area (Å²) in [6, 6.07) is 1.83. The molecule has 0 aliphatic carbocycles. The first-order valence-electron chi connectivity index (χ1n) is 6.44. The van der Waals surface area contributed by atoms with Crippen LogP contribution in [0.2, 0.25) is 0 Å². The van der Waals surface area contributed by atoms with Crippen LogP contribution >= 0.6 is 0 Å². The van der Waals surface area contributed by atoms with E-state index in [9.17, 15) is 4.79 Å². The number of amides is 1. The van der Waals surface area contributed by atoms with Crippen LogP contribution in [0.25, 0.3) is 0 Å². The Morgan fingerprint density at radius 2 is 2.05 bits per heavy atom. The van der Waals surface area contributed by atoms with E-state index in [1.807, 2.05) is 13.1 Å². The van der Waals surface area contributed by atoms with Crippen molar-refractivity contribution in [2.45, 2.75) is 32.7 Å². The monoisotopic (exact) mass is 276 g/mol. The average molecular weight is 276 g/mol. The Bertz CT molecular complexity index is 619. The fraction of sp³-hybridized carbons (Fsp3) is 0.538. The zero-order valence-corrected chi connectivity index (χ0v) is 12.5. The van der Waals surface area contributed by atoms with E-state index in [2.05, 4.69) is 41.4 Å². The summed E-state index contributed by atoms with van der Waals surface area (Å²) in [6.07, 6.45) is 1.60. The van der Waals surface area contributed by atoms with Gasteiger partial charge in [0.05, 0.1) is 12.2 Å². The van der Waals surface area contributed by atoms with Crippen molar-refractivity contribution in [2.75, 3.05) is 0 Å². The fourth-order valence-corrected chi connectivity index (χ4v) is 1.76. The third kappa shape index (κ3) is 2.87. The maximum Gasteiger partial charge on any atom is 0.269 e. The highest BCUT2D eigenvalue weighted by Crippen LogP contribution is 2.21. The Balaban J connectivity index is 2.10. The van der Waals surface area contributed by atoms with Crippen molar-refractivity contribution < 1.29 is 4.79 Å². The molecule has 0 radical (unpaired) electrons. The standard InChI is InChI=1S/C13H20N6O/c1-13(2,3)10-6-9(19(5)17-10)12(20)14-7-11-16-15-8-18(11)4/h6,8H,7H2,1-5H3,(H,14,20). The predicted molar refractivity (Wildman–Crippen MR) is 74.1 cm³/mol. The minimum Gasteiger partial charge on any atom is -0.343 e. The molecule has 0 fully saturated rings. The van der Waals surface area contributed by atoms with Crippen molar-refractivity contribution in [3.05, 3.63) is 29.6 Å². The summed E-state index contributed by atoms with van der Waals surface area (Å²) in [5, 5.41) is 14.9. The van der Waals surface area contributed by atoms with E-state index in [4.69, 9.17) is 0 Å². The molecule has 0 atom stereocenters. The molecule has 7 heteroatoms. The molecular formula is C13H20N6O. The van der Waals surface area contributed by atoms with Crippen molar-refractivity contribution in [1.82, 2.24) is 29.9 Å². The van der Waals surface area contributed by atoms with E-state index in [1.54, 1.807) is 22.6 Å². The largest absolute Gasteiger partial charge is 0.343 e. The van der Waals surface area contributed by atoms with Gasteiger partial charge in [-0.1, -0.05) is 20.8 Å². The summed E-state index contributed by atoms with van der Waals surface area (Å²) >= 11 is 0. The number of hydrogen-bond acceptors (Lipinski definition) is 4. The molecule has 2 aromatic heterocycles. The molecule has 108 valence electrons. The summed E-state index contributed by atoms with van der Waals surface area (Å²) in [5.41, 5.74) is 1.35. The molecule has 0 spiro atoms. The van der Waals surface area contributed by atoms with Gasteiger partial charge in [-0.3, -0.25) is 9.48 Å². The fourth-order valence-electron chi connectivity index (χ4n) is 1.76. The summed E-state index contributed by atoms with van der Waals surface area (Å²) in [7, 11) is 3.61. The molecule has 0 saturated heterocycles. The summed E-state index contributed by atoms with van der Waals surface area (Å²) in [4.78, 5) is 12.2. The molecule has 0 saturated carbocycles. The van der Waals surface area contributed by atoms with Gasteiger partial charge in [0, 0.05) is 19.5 Å². The van der Waals surface area contributed by atoms with Gasteiger partial charge in [0.2, 0.25) is 0 Å². The number of aryl methyl sites for hydroxylation is 2. The van der Waals surface area contributed by atoms with Crippen molar-refractivity contribution in [2.24, 2.45) is 14.1 Å². The van der Waals surface area contributed by atoms with Crippen LogP contribution in [0.3, 0.4) is 0 Å². The molecule has 0 aliphatic rings. The molecule has 0 aliphatic heterocycles. The van der Waals surface area contributed by atoms with E-state index in [0.29, 0.717) is 18.1 Å². The molecule has 0 aromatic carbocycles. The smallest absolute Gasteiger partial charge is 0.269 e. The number of aromatic nitrogens is 5. The van der Waals surface area contributed by atoms with E-state index >= 15 is 0 Å². The number of nitrogens with one attached hydrogen (secondary N) is 1. The second-order valence-electron chi connectivity index (χ2n) is 5.83. The lowest BCUT2D eigenvalue weighted by molar-refractivity contribution is 0.0940. The number of rotatable bonds is 3. The Labute approximate surface area is 118 Å². The molecule has 2 aromatic rings. The molecule has 2 heterocycles. The first-order chi connectivity index (χ1) is 9.29. The quantitative estimate of drug-likeness (QED) is 0.898. The molecule has 2 rings (SSSR count). The van der Waals surface area contributed by atoms with Gasteiger partial charge in [0.15, 0.2) is 5.82 Å². The normalized spacial score (nSPS) is 11.7. The number of carbonyl (C=O) groups excluding carboxylic acids is 1. The van der Waals surface area contributed by atoms with E-state index in [1.165, 1.54) is 0 Å². The zero-order valence-electron chi connectivity index (χ0n) is 12.5. The van der Waals surface area contributed by atoms with Crippen LogP contribution in [0.5, 0.6) is 0 Å². The second kappa shape index (κ2) is 5.07. The lowest BCUT2D eigenvalue weighted by atomic mass is 9.92. The first kappa shape index (κ1) is 14.2. The van der Waals surface area contributed by atoms with Crippen molar-refractivity contribution in [3.63, 3.8) is 0 Å². The number of hydrogen-bond donors (Lipinski definition) is 1. The molecule has 20 heavy (non-hydrogen) atoms. The van der Waals surface area contributed by atoms with E-state index in [0.717, 1.165) is 5.69 Å². The van der Waals surface area contributed by atoms with Crippen LogP contribution in [-0.4, -0.2) is 30.5 Å². The summed E-state index contributed by atoms with van der Waals surface area (Å²) in [6.45, 7) is 6.54. The maximum absolute atomic E-state index is 12.2. The van der Waals surface area contributed by atoms with Gasteiger partial charge in [0.25, 0.3) is 5.91 Å². The highest BCUT2D eigenvalue weighted by Gasteiger charge is 2.21. The van der Waals surface area contributed by atoms with Gasteiger partial charge in [0.1, 0.15) is 12.0 Å². The van der Waals surface area contributed by atoms with Crippen LogP contribution in [0, 0.1) is 0 Å². The Kier molecular flexibility index (Phi) is 3.61. The topological polar surface area (TPSA) is 77.6 Å². The average Bonchev–Trinajstić information content (AvgIpc) is 2.92. The third-order valence-corrected chi connectivity index (χ3v) is 3.09. The lowest BCUT2D eigenvalue weighted by Gasteiger charge is -2.13. The number of nitrogens with zero attached hydrogens (tertiary/aromatic N) is 5. The van der Waals surface area contributed by atoms with E-state index < -0.39 is 0 Å². The molecular weight excluding hydrogens is 256 g/mol. The number of carbonyl (C=O) groups is 1. The van der Waals surface area contributed by atoms with Gasteiger partial charge in [-0.05, 0) is 6.07 Å². The molecule has 7 nitrogen and oxygen atoms in total. The maximum atomic E-state index is 12.2. The third-order valence-electron chi connectivity index (χ3n) is 3.09. The molecule has 1 N–H and O–H groups in total. The Morgan fingerprint density at radius 3 is 2.55 bits per heavy atom. The van der Waals surface area contributed by atoms with Crippen molar-refractivity contribution >= 4 is 5.91 Å². The lowest BCUT2D eigenvalue weighted by Crippen LogP contribution is -2.26. The van der Waals surface area contributed by atoms with Gasteiger partial charge in [-0.15, -0.1) is 10.2 Å². The van der Waals surface area contributed by atoms with Crippen LogP contribution in [0.15, 0.2) is 12.4 Å². The van der Waals surface area contributed by atoms with Crippen LogP contribution < -0.4 is 5.32 Å². The van der Waals surface area contributed by atoms with Gasteiger partial charge >= 0.3 is 0 Å². The predicted octanol–water partition coefficient (Wildman–Crippen LogP) is 0.776. The van der Waals surface area contributed by atoms with E-state index in [-0.39, 0.29) is 11.3 Å². The highest BCUT2D eigenvalue weighted by atomic mass is 16.2. The van der Waals surface area contributed by atoms with Crippen LogP contribution in [0.1, 0.15) is 42.8 Å². The van der Waals surface area contributed by atoms with Crippen molar-refractivity contribution in [1.29, 1.82) is 0 Å². The highest BCUT2D eigenvalue weighted by molar-refractivity contribution is 5.92. The summed E-state index contributed by atoms with van der Waals surface area (Å²) < 4.78 is 3.37. The molecule has 0 bridgehead atoms. The van der Waals surface area contributed by atoms with Gasteiger partial charge < -0.3 is 9.88 Å². The Hall–Kier alpha value is -2.18. The van der Waals surface area contributed by atoms with Gasteiger partial charge in [-0.2, -0.15) is 5.10 Å².